The van der Waals surface area contributed by atoms with Gasteiger partial charge in [0.15, 0.2) is 0 Å². The Labute approximate surface area is 107 Å². The summed E-state index contributed by atoms with van der Waals surface area (Å²) in [4.78, 5) is 0. The second kappa shape index (κ2) is 4.53. The van der Waals surface area contributed by atoms with E-state index in [-0.39, 0.29) is 0 Å². The van der Waals surface area contributed by atoms with Crippen LogP contribution in [0.25, 0.3) is 10.8 Å². The van der Waals surface area contributed by atoms with E-state index < -0.39 is 0 Å². The number of rotatable bonds is 2. The molecule has 0 aliphatic rings. The number of hydrogen-bond acceptors (Lipinski definition) is 1. The highest BCUT2D eigenvalue weighted by Gasteiger charge is 2.01. The van der Waals surface area contributed by atoms with Gasteiger partial charge in [-0.2, -0.15) is 0 Å². The number of nitrogens with two attached hydrogens (primary N) is 1. The molecule has 0 spiro atoms. The van der Waals surface area contributed by atoms with Gasteiger partial charge >= 0.3 is 0 Å². The molecule has 0 saturated heterocycles. The van der Waals surface area contributed by atoms with E-state index in [1.54, 1.807) is 0 Å². The van der Waals surface area contributed by atoms with E-state index in [1.165, 1.54) is 21.9 Å². The summed E-state index contributed by atoms with van der Waals surface area (Å²) in [6.07, 6.45) is 0.886. The van der Waals surface area contributed by atoms with E-state index in [0.29, 0.717) is 0 Å². The molecule has 0 heterocycles. The molecule has 0 amide bonds. The predicted octanol–water partition coefficient (Wildman–Crippen LogP) is 4.01. The van der Waals surface area contributed by atoms with Gasteiger partial charge in [0.2, 0.25) is 0 Å². The summed E-state index contributed by atoms with van der Waals surface area (Å²) in [5.74, 6) is 0. The molecule has 0 aliphatic heterocycles. The Hall–Kier alpha value is -2.28. The van der Waals surface area contributed by atoms with Gasteiger partial charge in [0.1, 0.15) is 0 Å². The van der Waals surface area contributed by atoms with Crippen molar-refractivity contribution in [1.82, 2.24) is 0 Å². The van der Waals surface area contributed by atoms with Crippen molar-refractivity contribution in [2.45, 2.75) is 6.42 Å². The summed E-state index contributed by atoms with van der Waals surface area (Å²) in [5, 5.41) is 2.56. The average molecular weight is 233 g/mol. The van der Waals surface area contributed by atoms with E-state index >= 15 is 0 Å². The second-order valence-electron chi connectivity index (χ2n) is 4.56. The highest BCUT2D eigenvalue weighted by molar-refractivity contribution is 5.83. The van der Waals surface area contributed by atoms with Crippen molar-refractivity contribution >= 4 is 16.5 Å². The molecule has 2 N–H and O–H groups in total. The zero-order chi connectivity index (χ0) is 12.4. The molecule has 88 valence electrons. The van der Waals surface area contributed by atoms with Crippen LogP contribution in [0.4, 0.5) is 5.69 Å². The number of para-hydroxylation sites is 1. The average Bonchev–Trinajstić information content (AvgIpc) is 2.41. The highest BCUT2D eigenvalue weighted by atomic mass is 14.6. The molecule has 1 nitrogen and oxygen atoms in total. The summed E-state index contributed by atoms with van der Waals surface area (Å²) < 4.78 is 0. The number of benzene rings is 3. The molecule has 3 aromatic rings. The lowest BCUT2D eigenvalue weighted by atomic mass is 10.0. The van der Waals surface area contributed by atoms with Gasteiger partial charge in [-0.25, -0.2) is 0 Å². The van der Waals surface area contributed by atoms with Crippen LogP contribution in [-0.2, 0) is 6.42 Å². The minimum absolute atomic E-state index is 0.866. The van der Waals surface area contributed by atoms with E-state index in [4.69, 9.17) is 5.73 Å². The van der Waals surface area contributed by atoms with E-state index in [9.17, 15) is 0 Å². The first kappa shape index (κ1) is 10.8. The van der Waals surface area contributed by atoms with Gasteiger partial charge < -0.3 is 5.73 Å². The maximum atomic E-state index is 5.98. The van der Waals surface area contributed by atoms with Gasteiger partial charge in [-0.15, -0.1) is 0 Å². The minimum Gasteiger partial charge on any atom is -0.398 e. The summed E-state index contributed by atoms with van der Waals surface area (Å²) in [6, 6.07) is 23.1. The van der Waals surface area contributed by atoms with Crippen LogP contribution in [-0.4, -0.2) is 0 Å². The molecule has 0 saturated carbocycles. The van der Waals surface area contributed by atoms with Gasteiger partial charge in [0.25, 0.3) is 0 Å². The highest BCUT2D eigenvalue weighted by Crippen LogP contribution is 2.20. The minimum atomic E-state index is 0.866. The van der Waals surface area contributed by atoms with Crippen LogP contribution in [0.2, 0.25) is 0 Å². The third kappa shape index (κ3) is 2.07. The van der Waals surface area contributed by atoms with Crippen molar-refractivity contribution in [1.29, 1.82) is 0 Å². The Kier molecular flexibility index (Phi) is 2.73. The Balaban J connectivity index is 1.98. The maximum Gasteiger partial charge on any atom is 0.0349 e. The third-order valence-electron chi connectivity index (χ3n) is 3.26. The largest absolute Gasteiger partial charge is 0.398 e. The fourth-order valence-corrected chi connectivity index (χ4v) is 2.26. The summed E-state index contributed by atoms with van der Waals surface area (Å²) in [5.41, 5.74) is 9.33. The van der Waals surface area contributed by atoms with Crippen molar-refractivity contribution in [3.05, 3.63) is 77.9 Å². The number of hydrogen-bond donors (Lipinski definition) is 1. The first-order valence-corrected chi connectivity index (χ1v) is 6.14. The molecule has 0 aliphatic carbocycles. The van der Waals surface area contributed by atoms with Crippen LogP contribution in [0.5, 0.6) is 0 Å². The molecule has 0 fully saturated rings. The van der Waals surface area contributed by atoms with Gasteiger partial charge in [-0.05, 0) is 34.4 Å². The van der Waals surface area contributed by atoms with Crippen molar-refractivity contribution in [3.63, 3.8) is 0 Å². The quantitative estimate of drug-likeness (QED) is 0.665. The molecule has 0 bridgehead atoms. The van der Waals surface area contributed by atoms with Crippen LogP contribution in [0.3, 0.4) is 0 Å². The van der Waals surface area contributed by atoms with Gasteiger partial charge in [0.05, 0.1) is 0 Å². The van der Waals surface area contributed by atoms with Crippen molar-refractivity contribution in [2.75, 3.05) is 5.73 Å². The standard InChI is InChI=1S/C17H15N/c18-17-8-4-3-7-16(17)12-13-9-10-14-5-1-2-6-15(14)11-13/h1-11H,12,18H2. The van der Waals surface area contributed by atoms with Crippen molar-refractivity contribution < 1.29 is 0 Å². The Morgan fingerprint density at radius 3 is 2.28 bits per heavy atom. The van der Waals surface area contributed by atoms with E-state index in [2.05, 4.69) is 48.5 Å². The predicted molar refractivity (Wildman–Crippen MR) is 77.6 cm³/mol. The van der Waals surface area contributed by atoms with Crippen molar-refractivity contribution in [2.24, 2.45) is 0 Å². The third-order valence-corrected chi connectivity index (χ3v) is 3.26. The van der Waals surface area contributed by atoms with Gasteiger partial charge in [0, 0.05) is 5.69 Å². The Morgan fingerprint density at radius 2 is 1.44 bits per heavy atom. The van der Waals surface area contributed by atoms with Crippen LogP contribution in [0.1, 0.15) is 11.1 Å². The molecule has 3 rings (SSSR count). The van der Waals surface area contributed by atoms with Gasteiger partial charge in [-0.1, -0.05) is 60.7 Å². The van der Waals surface area contributed by atoms with Crippen LogP contribution in [0.15, 0.2) is 66.7 Å². The zero-order valence-electron chi connectivity index (χ0n) is 10.1. The molecular formula is C17H15N. The first-order chi connectivity index (χ1) is 8.83. The fourth-order valence-electron chi connectivity index (χ4n) is 2.26. The molecule has 0 atom stereocenters. The molecule has 18 heavy (non-hydrogen) atoms. The summed E-state index contributed by atoms with van der Waals surface area (Å²) in [6.45, 7) is 0. The number of anilines is 1. The summed E-state index contributed by atoms with van der Waals surface area (Å²) >= 11 is 0. The Bertz CT molecular complexity index is 686. The zero-order valence-corrected chi connectivity index (χ0v) is 10.1. The van der Waals surface area contributed by atoms with Crippen LogP contribution < -0.4 is 5.73 Å². The van der Waals surface area contributed by atoms with Gasteiger partial charge in [-0.3, -0.25) is 0 Å². The summed E-state index contributed by atoms with van der Waals surface area (Å²) in [7, 11) is 0. The molecule has 0 radical (unpaired) electrons. The van der Waals surface area contributed by atoms with Crippen molar-refractivity contribution in [3.8, 4) is 0 Å². The fraction of sp³-hybridized carbons (Fsp3) is 0.0588. The topological polar surface area (TPSA) is 26.0 Å². The van der Waals surface area contributed by atoms with E-state index in [0.717, 1.165) is 12.1 Å². The molecule has 0 unspecified atom stereocenters. The van der Waals surface area contributed by atoms with Crippen LogP contribution in [0, 0.1) is 0 Å². The molecular weight excluding hydrogens is 218 g/mol. The monoisotopic (exact) mass is 233 g/mol. The normalized spacial score (nSPS) is 10.7. The number of fused-ring (bicyclic) bond motifs is 1. The Morgan fingerprint density at radius 1 is 0.722 bits per heavy atom. The number of nitrogen functional groups attached to an aromatic ring is 1. The first-order valence-electron chi connectivity index (χ1n) is 6.14. The maximum absolute atomic E-state index is 5.98. The molecule has 3 aromatic carbocycles. The molecule has 1 heteroatoms. The van der Waals surface area contributed by atoms with E-state index in [1.807, 2.05) is 18.2 Å². The lowest BCUT2D eigenvalue weighted by molar-refractivity contribution is 1.20. The SMILES string of the molecule is Nc1ccccc1Cc1ccc2ccccc2c1. The lowest BCUT2D eigenvalue weighted by Gasteiger charge is -2.06. The van der Waals surface area contributed by atoms with Crippen LogP contribution >= 0.6 is 0 Å². The molecule has 0 aromatic heterocycles. The lowest BCUT2D eigenvalue weighted by Crippen LogP contribution is -1.95. The second-order valence-corrected chi connectivity index (χ2v) is 4.56. The smallest absolute Gasteiger partial charge is 0.0349 e.